The minimum absolute atomic E-state index is 0.809. The first-order valence-corrected chi connectivity index (χ1v) is 2.96. The Morgan fingerprint density at radius 2 is 2.60 bits per heavy atom. The SMILES string of the molecule is C1COPC1. The molecule has 0 aromatic heterocycles. The Balaban J connectivity index is 2.08. The molecule has 0 spiro atoms. The smallest absolute Gasteiger partial charge is 0.0509 e. The zero-order valence-electron chi connectivity index (χ0n) is 3.03. The second-order valence-electron chi connectivity index (χ2n) is 1.10. The van der Waals surface area contributed by atoms with E-state index in [0.29, 0.717) is 0 Å². The monoisotopic (exact) mass is 90.0 g/mol. The molecule has 0 amide bonds. The molecule has 1 aliphatic heterocycles. The van der Waals surface area contributed by atoms with E-state index in [1.54, 1.807) is 0 Å². The van der Waals surface area contributed by atoms with Crippen molar-refractivity contribution in [1.29, 1.82) is 0 Å². The van der Waals surface area contributed by atoms with E-state index in [2.05, 4.69) is 0 Å². The molecular formula is C3H7OP. The lowest BCUT2D eigenvalue weighted by Gasteiger charge is -1.76. The van der Waals surface area contributed by atoms with Gasteiger partial charge in [0.1, 0.15) is 0 Å². The zero-order chi connectivity index (χ0) is 3.54. The van der Waals surface area contributed by atoms with E-state index in [1.807, 2.05) is 0 Å². The molecule has 1 nitrogen and oxygen atoms in total. The number of rotatable bonds is 0. The largest absolute Gasteiger partial charge is 0.362 e. The first kappa shape index (κ1) is 3.58. The maximum absolute atomic E-state index is 4.97. The van der Waals surface area contributed by atoms with Crippen molar-refractivity contribution in [3.63, 3.8) is 0 Å². The molecule has 0 aromatic rings. The van der Waals surface area contributed by atoms with Crippen molar-refractivity contribution in [1.82, 2.24) is 0 Å². The van der Waals surface area contributed by atoms with Crippen LogP contribution >= 0.6 is 8.81 Å². The first-order chi connectivity index (χ1) is 2.50. The Bertz CT molecular complexity index is 18.5. The molecule has 1 saturated heterocycles. The summed E-state index contributed by atoms with van der Waals surface area (Å²) in [7, 11) is 0.809. The maximum Gasteiger partial charge on any atom is 0.0509 e. The van der Waals surface area contributed by atoms with Crippen LogP contribution in [0, 0.1) is 0 Å². The van der Waals surface area contributed by atoms with Crippen LogP contribution in [0.2, 0.25) is 0 Å². The summed E-state index contributed by atoms with van der Waals surface area (Å²) in [6.07, 6.45) is 2.60. The average Bonchev–Trinajstić information content (AvgIpc) is 1.76. The van der Waals surface area contributed by atoms with Gasteiger partial charge in [0.2, 0.25) is 0 Å². The quantitative estimate of drug-likeness (QED) is 0.403. The van der Waals surface area contributed by atoms with Gasteiger partial charge in [-0.1, -0.05) is 0 Å². The highest BCUT2D eigenvalue weighted by Gasteiger charge is 1.95. The van der Waals surface area contributed by atoms with E-state index >= 15 is 0 Å². The normalized spacial score (nSPS) is 28.8. The molecule has 1 fully saturated rings. The van der Waals surface area contributed by atoms with Gasteiger partial charge in [0.05, 0.1) is 6.61 Å². The lowest BCUT2D eigenvalue weighted by molar-refractivity contribution is 0.395. The minimum atomic E-state index is 0.809. The van der Waals surface area contributed by atoms with Gasteiger partial charge in [-0.25, -0.2) is 0 Å². The van der Waals surface area contributed by atoms with Crippen LogP contribution in [-0.4, -0.2) is 12.8 Å². The summed E-state index contributed by atoms with van der Waals surface area (Å²) in [6, 6.07) is 0. The fourth-order valence-corrected chi connectivity index (χ4v) is 1.08. The van der Waals surface area contributed by atoms with Crippen molar-refractivity contribution in [3.8, 4) is 0 Å². The molecule has 30 valence electrons. The molecule has 1 rings (SSSR count). The summed E-state index contributed by atoms with van der Waals surface area (Å²) >= 11 is 0. The number of hydrogen-bond acceptors (Lipinski definition) is 1. The second-order valence-corrected chi connectivity index (χ2v) is 2.17. The lowest BCUT2D eigenvalue weighted by Crippen LogP contribution is -1.69. The van der Waals surface area contributed by atoms with Crippen LogP contribution in [-0.2, 0) is 4.52 Å². The Hall–Kier alpha value is 0.390. The van der Waals surface area contributed by atoms with Crippen LogP contribution in [0.25, 0.3) is 0 Å². The molecule has 0 aliphatic carbocycles. The van der Waals surface area contributed by atoms with Gasteiger partial charge < -0.3 is 4.52 Å². The molecule has 5 heavy (non-hydrogen) atoms. The van der Waals surface area contributed by atoms with Crippen molar-refractivity contribution in [2.24, 2.45) is 0 Å². The Labute approximate surface area is 33.6 Å². The molecule has 1 atom stereocenters. The van der Waals surface area contributed by atoms with E-state index in [4.69, 9.17) is 4.52 Å². The van der Waals surface area contributed by atoms with Crippen LogP contribution in [0.5, 0.6) is 0 Å². The highest BCUT2D eigenvalue weighted by atomic mass is 31.1. The highest BCUT2D eigenvalue weighted by Crippen LogP contribution is 2.19. The van der Waals surface area contributed by atoms with Crippen molar-refractivity contribution in [2.75, 3.05) is 12.8 Å². The summed E-state index contributed by atoms with van der Waals surface area (Å²) in [4.78, 5) is 0. The van der Waals surface area contributed by atoms with Gasteiger partial charge in [0.15, 0.2) is 0 Å². The average molecular weight is 90.1 g/mol. The predicted octanol–water partition coefficient (Wildman–Crippen LogP) is 1.00. The van der Waals surface area contributed by atoms with Crippen LogP contribution < -0.4 is 0 Å². The molecule has 0 aromatic carbocycles. The van der Waals surface area contributed by atoms with Crippen LogP contribution in [0.3, 0.4) is 0 Å². The predicted molar refractivity (Wildman–Crippen MR) is 23.8 cm³/mol. The molecule has 2 heteroatoms. The van der Waals surface area contributed by atoms with Crippen LogP contribution in [0.15, 0.2) is 0 Å². The lowest BCUT2D eigenvalue weighted by atomic mass is 10.5. The summed E-state index contributed by atoms with van der Waals surface area (Å²) in [5.74, 6) is 0. The topological polar surface area (TPSA) is 9.23 Å². The first-order valence-electron chi connectivity index (χ1n) is 1.85. The van der Waals surface area contributed by atoms with E-state index in [-0.39, 0.29) is 0 Å². The fraction of sp³-hybridized carbons (Fsp3) is 1.00. The second kappa shape index (κ2) is 1.74. The maximum atomic E-state index is 4.97. The van der Waals surface area contributed by atoms with E-state index in [1.165, 1.54) is 12.6 Å². The van der Waals surface area contributed by atoms with E-state index in [0.717, 1.165) is 15.4 Å². The van der Waals surface area contributed by atoms with Gasteiger partial charge in [0.25, 0.3) is 0 Å². The summed E-state index contributed by atoms with van der Waals surface area (Å²) in [6.45, 7) is 1.01. The fourth-order valence-electron chi connectivity index (χ4n) is 0.361. The van der Waals surface area contributed by atoms with Crippen molar-refractivity contribution in [2.45, 2.75) is 6.42 Å². The molecule has 0 N–H and O–H groups in total. The van der Waals surface area contributed by atoms with Crippen molar-refractivity contribution >= 4 is 8.81 Å². The molecule has 1 aliphatic rings. The van der Waals surface area contributed by atoms with Gasteiger partial charge in [-0.2, -0.15) is 0 Å². The zero-order valence-corrected chi connectivity index (χ0v) is 4.03. The molecule has 0 bridgehead atoms. The van der Waals surface area contributed by atoms with Gasteiger partial charge in [-0.3, -0.25) is 0 Å². The third-order valence-corrected chi connectivity index (χ3v) is 1.59. The van der Waals surface area contributed by atoms with Crippen molar-refractivity contribution < 1.29 is 4.52 Å². The third kappa shape index (κ3) is 0.863. The molecular weight excluding hydrogens is 83.0 g/mol. The van der Waals surface area contributed by atoms with Gasteiger partial charge in [-0.15, -0.1) is 0 Å². The summed E-state index contributed by atoms with van der Waals surface area (Å²) < 4.78 is 4.97. The number of hydrogen-bond donors (Lipinski definition) is 0. The molecule has 0 radical (unpaired) electrons. The van der Waals surface area contributed by atoms with Crippen molar-refractivity contribution in [3.05, 3.63) is 0 Å². The van der Waals surface area contributed by atoms with Gasteiger partial charge in [-0.05, 0) is 12.6 Å². The van der Waals surface area contributed by atoms with Gasteiger partial charge >= 0.3 is 0 Å². The van der Waals surface area contributed by atoms with Crippen LogP contribution in [0.4, 0.5) is 0 Å². The summed E-state index contributed by atoms with van der Waals surface area (Å²) in [5.41, 5.74) is 0. The molecule has 0 saturated carbocycles. The van der Waals surface area contributed by atoms with Crippen LogP contribution in [0.1, 0.15) is 6.42 Å². The Kier molecular flexibility index (Phi) is 1.24. The van der Waals surface area contributed by atoms with Gasteiger partial charge in [0, 0.05) is 8.81 Å². The minimum Gasteiger partial charge on any atom is -0.362 e. The Morgan fingerprint density at radius 3 is 2.80 bits per heavy atom. The third-order valence-electron chi connectivity index (χ3n) is 0.627. The van der Waals surface area contributed by atoms with E-state index < -0.39 is 0 Å². The Morgan fingerprint density at radius 1 is 1.60 bits per heavy atom. The molecule has 1 unspecified atom stereocenters. The highest BCUT2D eigenvalue weighted by molar-refractivity contribution is 7.32. The van der Waals surface area contributed by atoms with E-state index in [9.17, 15) is 0 Å². The summed E-state index contributed by atoms with van der Waals surface area (Å²) in [5, 5.41) is 0. The molecule has 1 heterocycles. The standard InChI is InChI=1S/C3H7OP/c1-2-4-5-3-1/h5H,1-3H2.